The lowest BCUT2D eigenvalue weighted by molar-refractivity contribution is 0.0941. The zero-order chi connectivity index (χ0) is 24.3. The van der Waals surface area contributed by atoms with Gasteiger partial charge in [-0.1, -0.05) is 0 Å². The van der Waals surface area contributed by atoms with Crippen LogP contribution in [0.2, 0.25) is 0 Å². The topological polar surface area (TPSA) is 152 Å². The number of H-pyrrole nitrogens is 1. The van der Waals surface area contributed by atoms with Gasteiger partial charge in [-0.2, -0.15) is 9.80 Å². The summed E-state index contributed by atoms with van der Waals surface area (Å²) in [4.78, 5) is 32.8. The van der Waals surface area contributed by atoms with Crippen LogP contribution in [-0.4, -0.2) is 34.1 Å². The minimum atomic E-state index is -3.91. The first-order chi connectivity index (χ1) is 16.2. The second-order valence-corrected chi connectivity index (χ2v) is 8.59. The van der Waals surface area contributed by atoms with Gasteiger partial charge < -0.3 is 0 Å². The summed E-state index contributed by atoms with van der Waals surface area (Å²) >= 11 is 0. The number of azo groups is 1. The fourth-order valence-corrected chi connectivity index (χ4v) is 3.81. The summed E-state index contributed by atoms with van der Waals surface area (Å²) < 4.78 is 41.0. The summed E-state index contributed by atoms with van der Waals surface area (Å²) in [7, 11) is -3.91. The van der Waals surface area contributed by atoms with Crippen LogP contribution >= 0.6 is 0 Å². The highest BCUT2D eigenvalue weighted by Gasteiger charge is 2.18. The Hall–Kier alpha value is -4.52. The van der Waals surface area contributed by atoms with Crippen molar-refractivity contribution in [1.82, 2.24) is 19.7 Å². The molecule has 2 N–H and O–H groups in total. The van der Waals surface area contributed by atoms with Crippen LogP contribution in [0.5, 0.6) is 0 Å². The molecule has 4 rings (SSSR count). The molecule has 0 atom stereocenters. The number of rotatable bonds is 6. The Kier molecular flexibility index (Phi) is 6.10. The molecule has 0 saturated carbocycles. The lowest BCUT2D eigenvalue weighted by atomic mass is 10.2. The SMILES string of the molecule is Cc1[nH]n(C(=O)c2ccc(F)cc2)c(=O)c1N=Nc1ccc(S(=O)(=O)Nc2ncccn2)cc1. The van der Waals surface area contributed by atoms with E-state index in [9.17, 15) is 22.4 Å². The van der Waals surface area contributed by atoms with Gasteiger partial charge in [-0.15, -0.1) is 5.11 Å². The predicted octanol–water partition coefficient (Wildman–Crippen LogP) is 3.32. The maximum absolute atomic E-state index is 13.1. The normalized spacial score (nSPS) is 11.6. The van der Waals surface area contributed by atoms with E-state index in [-0.39, 0.29) is 33.5 Å². The van der Waals surface area contributed by atoms with Gasteiger partial charge in [0.25, 0.3) is 15.9 Å². The van der Waals surface area contributed by atoms with Crippen LogP contribution in [0.3, 0.4) is 0 Å². The first-order valence-electron chi connectivity index (χ1n) is 9.68. The van der Waals surface area contributed by atoms with Crippen LogP contribution in [0.1, 0.15) is 16.1 Å². The number of benzene rings is 2. The van der Waals surface area contributed by atoms with E-state index in [4.69, 9.17) is 0 Å². The van der Waals surface area contributed by atoms with Crippen molar-refractivity contribution in [2.24, 2.45) is 10.2 Å². The molecule has 0 aliphatic carbocycles. The predicted molar refractivity (Wildman–Crippen MR) is 119 cm³/mol. The van der Waals surface area contributed by atoms with E-state index in [0.29, 0.717) is 0 Å². The molecule has 0 spiro atoms. The van der Waals surface area contributed by atoms with Gasteiger partial charge in [0.05, 0.1) is 16.3 Å². The molecule has 2 aromatic carbocycles. The van der Waals surface area contributed by atoms with Crippen molar-refractivity contribution < 1.29 is 17.6 Å². The highest BCUT2D eigenvalue weighted by Crippen LogP contribution is 2.21. The Morgan fingerprint density at radius 3 is 2.32 bits per heavy atom. The molecule has 0 fully saturated rings. The summed E-state index contributed by atoms with van der Waals surface area (Å²) in [6, 6.07) is 11.7. The van der Waals surface area contributed by atoms with Crippen molar-refractivity contribution in [3.05, 3.63) is 94.4 Å². The number of anilines is 1. The second-order valence-electron chi connectivity index (χ2n) is 6.91. The van der Waals surface area contributed by atoms with Crippen molar-refractivity contribution in [2.45, 2.75) is 11.8 Å². The average Bonchev–Trinajstić information content (AvgIpc) is 3.11. The van der Waals surface area contributed by atoms with E-state index in [0.717, 1.165) is 16.8 Å². The molecule has 0 radical (unpaired) electrons. The largest absolute Gasteiger partial charge is 0.302 e. The van der Waals surface area contributed by atoms with E-state index >= 15 is 0 Å². The number of hydrogen-bond donors (Lipinski definition) is 2. The van der Waals surface area contributed by atoms with Gasteiger partial charge >= 0.3 is 5.56 Å². The molecule has 2 heterocycles. The monoisotopic (exact) mass is 481 g/mol. The smallest absolute Gasteiger partial charge is 0.290 e. The van der Waals surface area contributed by atoms with Crippen LogP contribution in [-0.2, 0) is 10.0 Å². The van der Waals surface area contributed by atoms with Crippen molar-refractivity contribution in [2.75, 3.05) is 4.72 Å². The highest BCUT2D eigenvalue weighted by atomic mass is 32.2. The number of carbonyl (C=O) groups excluding carboxylic acids is 1. The summed E-state index contributed by atoms with van der Waals surface area (Å²) in [6.45, 7) is 1.54. The van der Waals surface area contributed by atoms with Crippen LogP contribution in [0.4, 0.5) is 21.7 Å². The number of nitrogens with one attached hydrogen (secondary N) is 2. The molecular weight excluding hydrogens is 465 g/mol. The molecule has 0 saturated heterocycles. The summed E-state index contributed by atoms with van der Waals surface area (Å²) in [5.41, 5.74) is -0.168. The Morgan fingerprint density at radius 2 is 1.68 bits per heavy atom. The number of aromatic amines is 1. The van der Waals surface area contributed by atoms with Gasteiger partial charge in [0.15, 0.2) is 5.69 Å². The first kappa shape index (κ1) is 22.7. The van der Waals surface area contributed by atoms with E-state index in [1.54, 1.807) is 6.07 Å². The van der Waals surface area contributed by atoms with Crippen LogP contribution in [0, 0.1) is 12.7 Å². The van der Waals surface area contributed by atoms with Crippen molar-refractivity contribution in [1.29, 1.82) is 0 Å². The minimum Gasteiger partial charge on any atom is -0.290 e. The van der Waals surface area contributed by atoms with E-state index in [2.05, 4.69) is 30.0 Å². The zero-order valence-corrected chi connectivity index (χ0v) is 18.3. The molecule has 4 aromatic rings. The number of sulfonamides is 1. The summed E-state index contributed by atoms with van der Waals surface area (Å²) in [5, 5.41) is 10.5. The quantitative estimate of drug-likeness (QED) is 0.403. The summed E-state index contributed by atoms with van der Waals surface area (Å²) in [5.74, 6) is -1.26. The third-order valence-corrected chi connectivity index (χ3v) is 5.88. The first-order valence-corrected chi connectivity index (χ1v) is 11.2. The number of carbonyl (C=O) groups is 1. The fraction of sp³-hybridized carbons (Fsp3) is 0.0476. The van der Waals surface area contributed by atoms with Gasteiger partial charge in [-0.3, -0.25) is 14.7 Å². The maximum Gasteiger partial charge on any atom is 0.302 e. The molecule has 11 nitrogen and oxygen atoms in total. The highest BCUT2D eigenvalue weighted by molar-refractivity contribution is 7.92. The Labute approximate surface area is 192 Å². The second kappa shape index (κ2) is 9.15. The molecule has 13 heteroatoms. The fourth-order valence-electron chi connectivity index (χ4n) is 2.85. The molecule has 0 aliphatic heterocycles. The third kappa shape index (κ3) is 4.78. The molecule has 0 unspecified atom stereocenters. The lowest BCUT2D eigenvalue weighted by Crippen LogP contribution is -2.25. The zero-order valence-electron chi connectivity index (χ0n) is 17.5. The van der Waals surface area contributed by atoms with Crippen molar-refractivity contribution in [3.63, 3.8) is 0 Å². The molecule has 34 heavy (non-hydrogen) atoms. The third-order valence-electron chi connectivity index (χ3n) is 4.54. The summed E-state index contributed by atoms with van der Waals surface area (Å²) in [6.07, 6.45) is 2.80. The van der Waals surface area contributed by atoms with Gasteiger partial charge in [0, 0.05) is 18.0 Å². The van der Waals surface area contributed by atoms with Gasteiger partial charge in [-0.05, 0) is 61.5 Å². The molecule has 0 bridgehead atoms. The number of aromatic nitrogens is 4. The maximum atomic E-state index is 13.1. The van der Waals surface area contributed by atoms with Gasteiger partial charge in [-0.25, -0.2) is 27.5 Å². The number of hydrogen-bond acceptors (Lipinski definition) is 8. The van der Waals surface area contributed by atoms with E-state index in [1.807, 2.05) is 0 Å². The standard InChI is InChI=1S/C21H16FN7O4S/c1-13-18(20(31)29(27-13)19(30)14-3-5-15(22)6-4-14)26-25-16-7-9-17(10-8-16)34(32,33)28-21-23-11-2-12-24-21/h2-12,27H,1H3,(H,23,24,28). The molecule has 0 amide bonds. The Morgan fingerprint density at radius 1 is 1.03 bits per heavy atom. The van der Waals surface area contributed by atoms with Crippen molar-refractivity contribution in [3.8, 4) is 0 Å². The number of aryl methyl sites for hydroxylation is 1. The number of halogens is 1. The van der Waals surface area contributed by atoms with Crippen LogP contribution in [0.25, 0.3) is 0 Å². The average molecular weight is 481 g/mol. The molecule has 2 aromatic heterocycles. The van der Waals surface area contributed by atoms with Gasteiger partial charge in [0.1, 0.15) is 5.82 Å². The van der Waals surface area contributed by atoms with Crippen LogP contribution in [0.15, 0.2) is 86.9 Å². The minimum absolute atomic E-state index is 0.0519. The van der Waals surface area contributed by atoms with E-state index in [1.165, 1.54) is 55.7 Å². The Balaban J connectivity index is 1.53. The lowest BCUT2D eigenvalue weighted by Gasteiger charge is -2.05. The van der Waals surface area contributed by atoms with Gasteiger partial charge in [0.2, 0.25) is 5.95 Å². The molecule has 172 valence electrons. The molecular formula is C21H16FN7O4S. The van der Waals surface area contributed by atoms with Crippen molar-refractivity contribution >= 4 is 33.3 Å². The number of nitrogens with zero attached hydrogens (tertiary/aromatic N) is 5. The van der Waals surface area contributed by atoms with Crippen LogP contribution < -0.4 is 10.3 Å². The molecule has 0 aliphatic rings. The Bertz CT molecular complexity index is 1530. The van der Waals surface area contributed by atoms with E-state index < -0.39 is 27.3 Å².